The molecule has 0 aliphatic carbocycles. The van der Waals surface area contributed by atoms with Gasteiger partial charge in [-0.25, -0.2) is 0 Å². The number of piperidine rings is 1. The number of likely N-dealkylation sites (tertiary alicyclic amines) is 1. The van der Waals surface area contributed by atoms with Crippen LogP contribution in [0.3, 0.4) is 0 Å². The van der Waals surface area contributed by atoms with Gasteiger partial charge in [-0.2, -0.15) is 0 Å². The van der Waals surface area contributed by atoms with E-state index < -0.39 is 0 Å². The minimum atomic E-state index is -0.0547. The van der Waals surface area contributed by atoms with Gasteiger partial charge < -0.3 is 10.1 Å². The molecular weight excluding hydrogens is 288 g/mol. The van der Waals surface area contributed by atoms with E-state index in [0.717, 1.165) is 39.0 Å². The summed E-state index contributed by atoms with van der Waals surface area (Å²) < 4.78 is 4.88. The first-order chi connectivity index (χ1) is 11.0. The fourth-order valence-corrected chi connectivity index (χ4v) is 3.71. The molecule has 1 aromatic carbocycles. The molecule has 1 aromatic rings. The Bertz CT molecular complexity index is 541. The van der Waals surface area contributed by atoms with Crippen molar-refractivity contribution >= 4 is 5.97 Å². The number of rotatable bonds is 4. The Hall–Kier alpha value is -1.39. The van der Waals surface area contributed by atoms with Crippen LogP contribution in [0.5, 0.6) is 0 Å². The standard InChI is InChI=1S/C19H28N2O2/c1-19(2,21-10-8-15(9-11-21)18(22)23-3)17-6-4-14(5-7-17)16-12-20-13-16/h4-7,15-16,20H,8-13H2,1-3H3. The third-order valence-electron chi connectivity index (χ3n) is 5.69. The Balaban J connectivity index is 1.65. The van der Waals surface area contributed by atoms with Gasteiger partial charge >= 0.3 is 5.97 Å². The number of nitrogens with one attached hydrogen (secondary N) is 1. The summed E-state index contributed by atoms with van der Waals surface area (Å²) in [5.41, 5.74) is 2.79. The molecule has 0 bridgehead atoms. The number of hydrogen-bond donors (Lipinski definition) is 1. The van der Waals surface area contributed by atoms with Crippen molar-refractivity contribution in [3.05, 3.63) is 35.4 Å². The minimum Gasteiger partial charge on any atom is -0.469 e. The van der Waals surface area contributed by atoms with E-state index in [9.17, 15) is 4.79 Å². The molecule has 0 saturated carbocycles. The molecule has 0 atom stereocenters. The Labute approximate surface area is 139 Å². The van der Waals surface area contributed by atoms with Gasteiger partial charge in [0.25, 0.3) is 0 Å². The van der Waals surface area contributed by atoms with Crippen LogP contribution in [-0.4, -0.2) is 44.2 Å². The summed E-state index contributed by atoms with van der Waals surface area (Å²) in [5.74, 6) is 0.699. The fraction of sp³-hybridized carbons (Fsp3) is 0.632. The number of hydrogen-bond acceptors (Lipinski definition) is 4. The summed E-state index contributed by atoms with van der Waals surface area (Å²) in [6, 6.07) is 9.12. The maximum absolute atomic E-state index is 11.7. The fourth-order valence-electron chi connectivity index (χ4n) is 3.71. The van der Waals surface area contributed by atoms with Crippen LogP contribution >= 0.6 is 0 Å². The molecule has 2 heterocycles. The van der Waals surface area contributed by atoms with Crippen molar-refractivity contribution in [3.63, 3.8) is 0 Å². The molecule has 2 aliphatic heterocycles. The first-order valence-electron chi connectivity index (χ1n) is 8.66. The van der Waals surface area contributed by atoms with E-state index in [1.165, 1.54) is 18.2 Å². The van der Waals surface area contributed by atoms with Crippen molar-refractivity contribution in [1.82, 2.24) is 10.2 Å². The highest BCUT2D eigenvalue weighted by Gasteiger charge is 2.34. The predicted molar refractivity (Wildman–Crippen MR) is 91.4 cm³/mol. The smallest absolute Gasteiger partial charge is 0.308 e. The van der Waals surface area contributed by atoms with Crippen LogP contribution in [0.4, 0.5) is 0 Å². The Kier molecular flexibility index (Phi) is 4.74. The highest BCUT2D eigenvalue weighted by Crippen LogP contribution is 2.33. The summed E-state index contributed by atoms with van der Waals surface area (Å²) in [4.78, 5) is 14.2. The molecule has 0 spiro atoms. The molecule has 4 heteroatoms. The zero-order valence-electron chi connectivity index (χ0n) is 14.5. The van der Waals surface area contributed by atoms with Gasteiger partial charge in [-0.1, -0.05) is 24.3 Å². The summed E-state index contributed by atoms with van der Waals surface area (Å²) in [6.45, 7) is 8.66. The number of esters is 1. The van der Waals surface area contributed by atoms with E-state index in [2.05, 4.69) is 48.3 Å². The maximum atomic E-state index is 11.7. The quantitative estimate of drug-likeness (QED) is 0.867. The first kappa shape index (κ1) is 16.5. The third kappa shape index (κ3) is 3.29. The van der Waals surface area contributed by atoms with Crippen LogP contribution in [0.15, 0.2) is 24.3 Å². The average molecular weight is 316 g/mol. The van der Waals surface area contributed by atoms with E-state index in [1.807, 2.05) is 0 Å². The van der Waals surface area contributed by atoms with Crippen LogP contribution in [0.1, 0.15) is 43.7 Å². The second-order valence-electron chi connectivity index (χ2n) is 7.32. The minimum absolute atomic E-state index is 0.00250. The molecule has 0 amide bonds. The van der Waals surface area contributed by atoms with Crippen LogP contribution in [0.2, 0.25) is 0 Å². The lowest BCUT2D eigenvalue weighted by Crippen LogP contribution is -2.47. The predicted octanol–water partition coefficient (Wildman–Crippen LogP) is 2.49. The molecule has 23 heavy (non-hydrogen) atoms. The second kappa shape index (κ2) is 6.62. The molecule has 3 rings (SSSR count). The first-order valence-corrected chi connectivity index (χ1v) is 8.66. The van der Waals surface area contributed by atoms with E-state index in [-0.39, 0.29) is 17.4 Å². The molecule has 2 saturated heterocycles. The monoisotopic (exact) mass is 316 g/mol. The zero-order chi connectivity index (χ0) is 16.4. The summed E-state index contributed by atoms with van der Waals surface area (Å²) >= 11 is 0. The number of methoxy groups -OCH3 is 1. The number of carbonyl (C=O) groups excluding carboxylic acids is 1. The summed E-state index contributed by atoms with van der Waals surface area (Å²) in [6.07, 6.45) is 1.78. The van der Waals surface area contributed by atoms with E-state index in [0.29, 0.717) is 5.92 Å². The van der Waals surface area contributed by atoms with Crippen LogP contribution in [0.25, 0.3) is 0 Å². The van der Waals surface area contributed by atoms with E-state index in [4.69, 9.17) is 4.74 Å². The second-order valence-corrected chi connectivity index (χ2v) is 7.32. The molecule has 0 radical (unpaired) electrons. The van der Waals surface area contributed by atoms with Gasteiger partial charge in [-0.3, -0.25) is 9.69 Å². The van der Waals surface area contributed by atoms with Crippen LogP contribution in [0, 0.1) is 5.92 Å². The average Bonchev–Trinajstić information content (AvgIpc) is 2.53. The van der Waals surface area contributed by atoms with Gasteiger partial charge in [0, 0.05) is 24.5 Å². The molecule has 0 unspecified atom stereocenters. The molecule has 2 aliphatic rings. The van der Waals surface area contributed by atoms with Gasteiger partial charge in [0.1, 0.15) is 0 Å². The highest BCUT2D eigenvalue weighted by atomic mass is 16.5. The van der Waals surface area contributed by atoms with Crippen molar-refractivity contribution in [3.8, 4) is 0 Å². The number of carbonyl (C=O) groups is 1. The largest absolute Gasteiger partial charge is 0.469 e. The molecule has 1 N–H and O–H groups in total. The lowest BCUT2D eigenvalue weighted by Gasteiger charge is -2.43. The maximum Gasteiger partial charge on any atom is 0.308 e. The molecular formula is C19H28N2O2. The molecule has 2 fully saturated rings. The molecule has 126 valence electrons. The normalized spacial score (nSPS) is 21.0. The van der Waals surface area contributed by atoms with E-state index in [1.54, 1.807) is 0 Å². The van der Waals surface area contributed by atoms with Gasteiger partial charge in [0.2, 0.25) is 0 Å². The van der Waals surface area contributed by atoms with Gasteiger partial charge in [0.05, 0.1) is 13.0 Å². The summed E-state index contributed by atoms with van der Waals surface area (Å²) in [5, 5.41) is 3.33. The SMILES string of the molecule is COC(=O)C1CCN(C(C)(C)c2ccc(C3CNC3)cc2)CC1. The van der Waals surface area contributed by atoms with Crippen molar-refractivity contribution in [1.29, 1.82) is 0 Å². The van der Waals surface area contributed by atoms with Crippen molar-refractivity contribution in [2.24, 2.45) is 5.92 Å². The number of nitrogens with zero attached hydrogens (tertiary/aromatic N) is 1. The zero-order valence-corrected chi connectivity index (χ0v) is 14.5. The number of ether oxygens (including phenoxy) is 1. The number of benzene rings is 1. The lowest BCUT2D eigenvalue weighted by atomic mass is 9.85. The Morgan fingerprint density at radius 1 is 1.17 bits per heavy atom. The molecule has 0 aromatic heterocycles. The third-order valence-corrected chi connectivity index (χ3v) is 5.69. The molecule has 4 nitrogen and oxygen atoms in total. The van der Waals surface area contributed by atoms with Gasteiger partial charge in [0.15, 0.2) is 0 Å². The topological polar surface area (TPSA) is 41.6 Å². The van der Waals surface area contributed by atoms with Gasteiger partial charge in [-0.05, 0) is 50.9 Å². The Morgan fingerprint density at radius 3 is 2.26 bits per heavy atom. The van der Waals surface area contributed by atoms with Crippen molar-refractivity contribution in [2.75, 3.05) is 33.3 Å². The van der Waals surface area contributed by atoms with Gasteiger partial charge in [-0.15, -0.1) is 0 Å². The lowest BCUT2D eigenvalue weighted by molar-refractivity contribution is -0.147. The summed E-state index contributed by atoms with van der Waals surface area (Å²) in [7, 11) is 1.48. The Morgan fingerprint density at radius 2 is 1.78 bits per heavy atom. The van der Waals surface area contributed by atoms with Crippen LogP contribution < -0.4 is 5.32 Å². The van der Waals surface area contributed by atoms with Crippen molar-refractivity contribution in [2.45, 2.75) is 38.1 Å². The van der Waals surface area contributed by atoms with Crippen molar-refractivity contribution < 1.29 is 9.53 Å². The van der Waals surface area contributed by atoms with E-state index >= 15 is 0 Å². The van der Waals surface area contributed by atoms with Crippen LogP contribution in [-0.2, 0) is 15.1 Å². The highest BCUT2D eigenvalue weighted by molar-refractivity contribution is 5.72.